The summed E-state index contributed by atoms with van der Waals surface area (Å²) in [6, 6.07) is 12.1. The van der Waals surface area contributed by atoms with Crippen LogP contribution in [-0.2, 0) is 0 Å². The highest BCUT2D eigenvalue weighted by molar-refractivity contribution is 5.95. The highest BCUT2D eigenvalue weighted by Crippen LogP contribution is 2.20. The second-order valence-electron chi connectivity index (χ2n) is 5.69. The maximum absolute atomic E-state index is 12.4. The topological polar surface area (TPSA) is 46.1 Å². The van der Waals surface area contributed by atoms with Crippen molar-refractivity contribution in [2.75, 3.05) is 19.6 Å². The van der Waals surface area contributed by atoms with Crippen LogP contribution < -0.4 is 10.6 Å². The zero-order valence-corrected chi connectivity index (χ0v) is 13.7. The molecular formula is C17H22ClN3O. The van der Waals surface area contributed by atoms with Gasteiger partial charge in [-0.1, -0.05) is 18.2 Å². The van der Waals surface area contributed by atoms with Crippen LogP contribution in [0.25, 0.3) is 5.69 Å². The van der Waals surface area contributed by atoms with Crippen molar-refractivity contribution in [2.24, 2.45) is 5.92 Å². The number of rotatable bonds is 4. The van der Waals surface area contributed by atoms with E-state index >= 15 is 0 Å². The molecule has 1 fully saturated rings. The molecule has 1 amide bonds. The molecule has 2 heterocycles. The first-order chi connectivity index (χ1) is 10.2. The predicted octanol–water partition coefficient (Wildman–Crippen LogP) is 2.47. The molecule has 0 bridgehead atoms. The fraction of sp³-hybridized carbons (Fsp3) is 0.353. The van der Waals surface area contributed by atoms with E-state index in [0.29, 0.717) is 5.92 Å². The average Bonchev–Trinajstić information content (AvgIpc) is 2.73. The summed E-state index contributed by atoms with van der Waals surface area (Å²) in [4.78, 5) is 12.4. The Balaban J connectivity index is 0.00000176. The first-order valence-electron chi connectivity index (χ1n) is 7.40. The van der Waals surface area contributed by atoms with Crippen molar-refractivity contribution in [1.82, 2.24) is 15.2 Å². The molecule has 5 heteroatoms. The number of amides is 1. The van der Waals surface area contributed by atoms with Crippen LogP contribution >= 0.6 is 12.4 Å². The monoisotopic (exact) mass is 319 g/mol. The molecule has 1 aromatic heterocycles. The Labute approximate surface area is 137 Å². The number of aromatic nitrogens is 1. The number of hydrogen-bond donors (Lipinski definition) is 2. The number of nitrogens with one attached hydrogen (secondary N) is 2. The van der Waals surface area contributed by atoms with E-state index in [9.17, 15) is 4.79 Å². The second kappa shape index (κ2) is 6.99. The van der Waals surface area contributed by atoms with Crippen LogP contribution in [-0.4, -0.2) is 30.1 Å². The summed E-state index contributed by atoms with van der Waals surface area (Å²) in [7, 11) is 0. The Hall–Kier alpha value is -1.78. The third kappa shape index (κ3) is 3.18. The van der Waals surface area contributed by atoms with Gasteiger partial charge in [-0.25, -0.2) is 0 Å². The van der Waals surface area contributed by atoms with Crippen molar-refractivity contribution >= 4 is 18.3 Å². The number of nitrogens with zero attached hydrogens (tertiary/aromatic N) is 1. The molecular weight excluding hydrogens is 298 g/mol. The quantitative estimate of drug-likeness (QED) is 0.909. The zero-order chi connectivity index (χ0) is 14.8. The number of benzene rings is 1. The van der Waals surface area contributed by atoms with Gasteiger partial charge in [-0.2, -0.15) is 0 Å². The van der Waals surface area contributed by atoms with Crippen molar-refractivity contribution in [3.8, 4) is 5.69 Å². The minimum absolute atomic E-state index is 0. The van der Waals surface area contributed by atoms with E-state index in [1.54, 1.807) is 0 Å². The van der Waals surface area contributed by atoms with Gasteiger partial charge in [0.1, 0.15) is 0 Å². The molecule has 1 aromatic carbocycles. The van der Waals surface area contributed by atoms with E-state index < -0.39 is 0 Å². The lowest BCUT2D eigenvalue weighted by atomic mass is 10.0. The summed E-state index contributed by atoms with van der Waals surface area (Å²) in [6.07, 6.45) is 0. The van der Waals surface area contributed by atoms with Gasteiger partial charge in [0.05, 0.1) is 5.56 Å². The molecule has 0 atom stereocenters. The third-order valence-corrected chi connectivity index (χ3v) is 4.11. The summed E-state index contributed by atoms with van der Waals surface area (Å²) in [6.45, 7) is 6.79. The molecule has 3 rings (SSSR count). The van der Waals surface area contributed by atoms with Crippen LogP contribution in [0.1, 0.15) is 21.7 Å². The lowest BCUT2D eigenvalue weighted by Crippen LogP contribution is -2.48. The molecule has 0 spiro atoms. The molecule has 0 unspecified atom stereocenters. The first kappa shape index (κ1) is 16.6. The van der Waals surface area contributed by atoms with Crippen molar-refractivity contribution < 1.29 is 4.79 Å². The van der Waals surface area contributed by atoms with Crippen LogP contribution in [0, 0.1) is 19.8 Å². The molecule has 4 nitrogen and oxygen atoms in total. The first-order valence-corrected chi connectivity index (χ1v) is 7.40. The number of hydrogen-bond acceptors (Lipinski definition) is 2. The molecule has 1 aliphatic rings. The van der Waals surface area contributed by atoms with Crippen molar-refractivity contribution in [3.05, 3.63) is 53.3 Å². The van der Waals surface area contributed by atoms with Crippen LogP contribution in [0.5, 0.6) is 0 Å². The Kier molecular flexibility index (Phi) is 5.27. The fourth-order valence-electron chi connectivity index (χ4n) is 2.79. The minimum atomic E-state index is 0. The molecule has 2 aromatic rings. The van der Waals surface area contributed by atoms with Crippen LogP contribution in [0.15, 0.2) is 36.4 Å². The maximum Gasteiger partial charge on any atom is 0.253 e. The Morgan fingerprint density at radius 1 is 1.27 bits per heavy atom. The molecule has 1 saturated heterocycles. The second-order valence-corrected chi connectivity index (χ2v) is 5.69. The van der Waals surface area contributed by atoms with E-state index in [1.807, 2.05) is 38.1 Å². The average molecular weight is 320 g/mol. The Bertz CT molecular complexity index is 647. The predicted molar refractivity (Wildman–Crippen MR) is 91.2 cm³/mol. The van der Waals surface area contributed by atoms with Crippen LogP contribution in [0.2, 0.25) is 0 Å². The normalized spacial score (nSPS) is 14.1. The van der Waals surface area contributed by atoms with E-state index in [0.717, 1.165) is 42.3 Å². The number of carbonyl (C=O) groups excluding carboxylic acids is 1. The van der Waals surface area contributed by atoms with E-state index in [-0.39, 0.29) is 18.3 Å². The molecule has 0 saturated carbocycles. The SMILES string of the molecule is Cc1cc(C(=O)NCC2CNC2)c(C)n1-c1ccccc1.Cl. The van der Waals surface area contributed by atoms with E-state index in [2.05, 4.69) is 27.3 Å². The number of aryl methyl sites for hydroxylation is 1. The molecule has 22 heavy (non-hydrogen) atoms. The van der Waals surface area contributed by atoms with Gasteiger partial charge in [0, 0.05) is 42.6 Å². The lowest BCUT2D eigenvalue weighted by molar-refractivity contribution is 0.0941. The van der Waals surface area contributed by atoms with Gasteiger partial charge in [0.15, 0.2) is 0 Å². The summed E-state index contributed by atoms with van der Waals surface area (Å²) >= 11 is 0. The summed E-state index contributed by atoms with van der Waals surface area (Å²) < 4.78 is 2.12. The smallest absolute Gasteiger partial charge is 0.253 e. The number of carbonyl (C=O) groups is 1. The van der Waals surface area contributed by atoms with Crippen molar-refractivity contribution in [2.45, 2.75) is 13.8 Å². The standard InChI is InChI=1S/C17H21N3O.ClH/c1-12-8-16(17(21)19-11-14-9-18-10-14)13(2)20(12)15-6-4-3-5-7-15;/h3-8,14,18H,9-11H2,1-2H3,(H,19,21);1H. The van der Waals surface area contributed by atoms with Crippen molar-refractivity contribution in [3.63, 3.8) is 0 Å². The van der Waals surface area contributed by atoms with Crippen molar-refractivity contribution in [1.29, 1.82) is 0 Å². The molecule has 0 radical (unpaired) electrons. The van der Waals surface area contributed by atoms with Gasteiger partial charge in [-0.3, -0.25) is 4.79 Å². The maximum atomic E-state index is 12.4. The zero-order valence-electron chi connectivity index (χ0n) is 12.9. The number of para-hydroxylation sites is 1. The fourth-order valence-corrected chi connectivity index (χ4v) is 2.79. The van der Waals surface area contributed by atoms with Gasteiger partial charge in [0.25, 0.3) is 5.91 Å². The molecule has 2 N–H and O–H groups in total. The Morgan fingerprint density at radius 2 is 1.95 bits per heavy atom. The van der Waals surface area contributed by atoms with Gasteiger partial charge in [-0.15, -0.1) is 12.4 Å². The largest absolute Gasteiger partial charge is 0.352 e. The number of halogens is 1. The van der Waals surface area contributed by atoms with E-state index in [1.165, 1.54) is 0 Å². The lowest BCUT2D eigenvalue weighted by Gasteiger charge is -2.27. The van der Waals surface area contributed by atoms with Crippen LogP contribution in [0.4, 0.5) is 0 Å². The van der Waals surface area contributed by atoms with Crippen LogP contribution in [0.3, 0.4) is 0 Å². The van der Waals surface area contributed by atoms with E-state index in [4.69, 9.17) is 0 Å². The molecule has 118 valence electrons. The third-order valence-electron chi connectivity index (χ3n) is 4.11. The molecule has 0 aliphatic carbocycles. The summed E-state index contributed by atoms with van der Waals surface area (Å²) in [5.74, 6) is 0.601. The summed E-state index contributed by atoms with van der Waals surface area (Å²) in [5, 5.41) is 6.26. The molecule has 1 aliphatic heterocycles. The van der Waals surface area contributed by atoms with Gasteiger partial charge in [-0.05, 0) is 32.0 Å². The van der Waals surface area contributed by atoms with Gasteiger partial charge in [0.2, 0.25) is 0 Å². The summed E-state index contributed by atoms with van der Waals surface area (Å²) in [5.41, 5.74) is 3.93. The minimum Gasteiger partial charge on any atom is -0.352 e. The highest BCUT2D eigenvalue weighted by Gasteiger charge is 2.20. The van der Waals surface area contributed by atoms with Gasteiger partial charge < -0.3 is 15.2 Å². The van der Waals surface area contributed by atoms with Gasteiger partial charge >= 0.3 is 0 Å². The highest BCUT2D eigenvalue weighted by atomic mass is 35.5. The Morgan fingerprint density at radius 3 is 2.55 bits per heavy atom.